The van der Waals surface area contributed by atoms with Gasteiger partial charge in [0.1, 0.15) is 24.6 Å². The third-order valence-electron chi connectivity index (χ3n) is 18.3. The highest BCUT2D eigenvalue weighted by molar-refractivity contribution is 5.64. The summed E-state index contributed by atoms with van der Waals surface area (Å²) in [7, 11) is 6.22. The maximum atomic E-state index is 12.6. The number of carbonyl (C=O) groups excluding carboxylic acids is 2. The Hall–Kier alpha value is -5.00. The molecular weight excluding hydrogens is 1240 g/mol. The minimum absolute atomic E-state index is 0.0226. The normalized spacial score (nSPS) is 12.2. The molecule has 0 fully saturated rings. The number of likely N-dealkylation sites (N-methyl/N-ethyl adjacent to an activating group) is 2. The first-order valence-electron chi connectivity index (χ1n) is 41.5. The third kappa shape index (κ3) is 72.8. The molecule has 0 aliphatic rings. The van der Waals surface area contributed by atoms with Crippen molar-refractivity contribution in [3.63, 3.8) is 0 Å². The molecule has 0 aliphatic carbocycles. The Labute approximate surface area is 616 Å². The summed E-state index contributed by atoms with van der Waals surface area (Å²) in [6.45, 7) is 12.1. The van der Waals surface area contributed by atoms with E-state index in [0.29, 0.717) is 6.61 Å². The van der Waals surface area contributed by atoms with Gasteiger partial charge < -0.3 is 28.7 Å². The van der Waals surface area contributed by atoms with E-state index in [4.69, 9.17) is 18.9 Å². The Kier molecular flexibility index (Phi) is 74.2. The monoisotopic (exact) mass is 1390 g/mol. The number of non-ortho nitro benzene ring substituents is 1. The molecular formula is C89H155N3O8. The third-order valence-corrected chi connectivity index (χ3v) is 18.3. The van der Waals surface area contributed by atoms with Gasteiger partial charge in [-0.25, -0.2) is 9.59 Å². The lowest BCUT2D eigenvalue weighted by molar-refractivity contribution is -0.384. The Morgan fingerprint density at radius 1 is 0.360 bits per heavy atom. The van der Waals surface area contributed by atoms with Crippen LogP contribution in [0.4, 0.5) is 15.3 Å². The maximum absolute atomic E-state index is 12.6. The summed E-state index contributed by atoms with van der Waals surface area (Å²) >= 11 is 0. The molecule has 0 amide bonds. The van der Waals surface area contributed by atoms with Gasteiger partial charge in [-0.15, -0.1) is 0 Å². The molecule has 0 radical (unpaired) electrons. The van der Waals surface area contributed by atoms with Crippen LogP contribution >= 0.6 is 0 Å². The number of ether oxygens (including phenoxy) is 4. The summed E-state index contributed by atoms with van der Waals surface area (Å²) in [5.74, 6) is 0.252. The molecule has 1 aromatic rings. The summed E-state index contributed by atoms with van der Waals surface area (Å²) in [6, 6.07) is 5.52. The van der Waals surface area contributed by atoms with Gasteiger partial charge in [0.25, 0.3) is 5.69 Å². The molecule has 0 bridgehead atoms. The zero-order chi connectivity index (χ0) is 72.8. The quantitative estimate of drug-likeness (QED) is 0.0156. The van der Waals surface area contributed by atoms with Crippen molar-refractivity contribution in [3.05, 3.63) is 132 Å². The van der Waals surface area contributed by atoms with Gasteiger partial charge in [-0.05, 0) is 213 Å². The summed E-state index contributed by atoms with van der Waals surface area (Å²) in [6.07, 6.45) is 98.0. The zero-order valence-electron chi connectivity index (χ0n) is 65.9. The summed E-state index contributed by atoms with van der Waals surface area (Å²) in [5.41, 5.74) is -0.0432. The number of allylic oxidation sites excluding steroid dienone is 16. The predicted molar refractivity (Wildman–Crippen MR) is 432 cm³/mol. The molecule has 0 aliphatic heterocycles. The minimum atomic E-state index is -0.732. The fourth-order valence-corrected chi connectivity index (χ4v) is 11.8. The summed E-state index contributed by atoms with van der Waals surface area (Å²) < 4.78 is 22.5. The number of benzene rings is 1. The van der Waals surface area contributed by atoms with Crippen LogP contribution in [0.5, 0.6) is 5.75 Å². The maximum Gasteiger partial charge on any atom is 0.514 e. The number of rotatable bonds is 70. The van der Waals surface area contributed by atoms with Crippen LogP contribution < -0.4 is 4.74 Å². The van der Waals surface area contributed by atoms with Gasteiger partial charge in [0, 0.05) is 31.8 Å². The van der Waals surface area contributed by atoms with Crippen LogP contribution in [0.2, 0.25) is 0 Å². The molecule has 0 atom stereocenters. The van der Waals surface area contributed by atoms with E-state index in [1.807, 2.05) is 0 Å². The molecule has 11 heteroatoms. The number of nitro benzene ring substituents is 1. The molecule has 1 rings (SSSR count). The second-order valence-corrected chi connectivity index (χ2v) is 28.3. The highest BCUT2D eigenvalue weighted by Crippen LogP contribution is 2.23. The zero-order valence-corrected chi connectivity index (χ0v) is 65.9. The van der Waals surface area contributed by atoms with Crippen molar-refractivity contribution in [3.8, 4) is 5.75 Å². The summed E-state index contributed by atoms with van der Waals surface area (Å²) in [4.78, 5) is 39.9. The highest BCUT2D eigenvalue weighted by Gasteiger charge is 2.18. The van der Waals surface area contributed by atoms with Crippen LogP contribution in [-0.2, 0) is 14.2 Å². The van der Waals surface area contributed by atoms with E-state index < -0.39 is 17.2 Å². The van der Waals surface area contributed by atoms with Crippen molar-refractivity contribution >= 4 is 18.0 Å². The van der Waals surface area contributed by atoms with E-state index >= 15 is 0 Å². The Morgan fingerprint density at radius 2 is 0.630 bits per heavy atom. The molecule has 1 aromatic carbocycles. The van der Waals surface area contributed by atoms with E-state index in [0.717, 1.165) is 122 Å². The second kappa shape index (κ2) is 78.1. The van der Waals surface area contributed by atoms with Crippen LogP contribution in [0, 0.1) is 10.1 Å². The van der Waals surface area contributed by atoms with E-state index in [9.17, 15) is 19.7 Å². The van der Waals surface area contributed by atoms with Crippen molar-refractivity contribution in [1.82, 2.24) is 9.80 Å². The molecule has 0 aromatic heterocycles. The first kappa shape index (κ1) is 95.0. The van der Waals surface area contributed by atoms with Crippen LogP contribution in [0.25, 0.3) is 0 Å². The van der Waals surface area contributed by atoms with Crippen LogP contribution in [0.15, 0.2) is 121 Å². The van der Waals surface area contributed by atoms with Crippen LogP contribution in [0.3, 0.4) is 0 Å². The number of hydrogen-bond donors (Lipinski definition) is 0. The average Bonchev–Trinajstić information content (AvgIpc) is 1.27. The van der Waals surface area contributed by atoms with Crippen molar-refractivity contribution in [2.75, 3.05) is 47.4 Å². The number of hydrogen-bond acceptors (Lipinski definition) is 10. The molecule has 0 unspecified atom stereocenters. The molecule has 0 spiro atoms. The molecule has 0 heterocycles. The van der Waals surface area contributed by atoms with Crippen molar-refractivity contribution < 1.29 is 33.5 Å². The molecule has 0 saturated heterocycles. The molecule has 11 nitrogen and oxygen atoms in total. The van der Waals surface area contributed by atoms with Crippen molar-refractivity contribution in [2.45, 2.75) is 374 Å². The number of nitrogens with zero attached hydrogens (tertiary/aromatic N) is 3. The average molecular weight is 1400 g/mol. The lowest BCUT2D eigenvalue weighted by atomic mass is 10.0. The van der Waals surface area contributed by atoms with E-state index in [1.165, 1.54) is 255 Å². The first-order valence-corrected chi connectivity index (χ1v) is 41.5. The molecule has 0 saturated carbocycles. The molecule has 0 N–H and O–H groups in total. The first-order chi connectivity index (χ1) is 49.1. The second-order valence-electron chi connectivity index (χ2n) is 28.3. The van der Waals surface area contributed by atoms with Crippen molar-refractivity contribution in [1.29, 1.82) is 0 Å². The van der Waals surface area contributed by atoms with Gasteiger partial charge in [0.15, 0.2) is 0 Å². The smallest absolute Gasteiger partial charge is 0.433 e. The standard InChI is InChI=1S/C45H84N2O3.C44H71NO5/c1-6-8-10-12-14-16-18-20-22-24-26-28-30-32-34-36-38-44(50-45(48)49-43-42-47(5)41-40-46(3)4)39-37-35-33-31-29-27-25-23-21-19-17-15-13-11-9-7-2;1-3-5-7-9-11-13-15-17-19-21-23-25-27-29-31-33-35-42(49-44(46)50-43-39-37-41(38-40-43)45(47)48)36-34-32-30-28-26-24-22-20-18-16-14-12-10-8-6-4-2/h14-17,20-23,44H,6-13,18-19,24-43H2,1-5H3;11-14,17-20,37-40,42H,3-10,15-16,21-36H2,1-2H3/b16-14-,17-15-,22-20-,23-21-;13-11-,14-12-,19-17-,20-18-. The van der Waals surface area contributed by atoms with Gasteiger partial charge >= 0.3 is 12.3 Å². The van der Waals surface area contributed by atoms with Crippen LogP contribution in [0.1, 0.15) is 362 Å². The Balaban J connectivity index is 0.00000196. The summed E-state index contributed by atoms with van der Waals surface area (Å²) in [5, 5.41) is 10.9. The van der Waals surface area contributed by atoms with Gasteiger partial charge in [-0.3, -0.25) is 10.1 Å². The predicted octanol–water partition coefficient (Wildman–Crippen LogP) is 28.3. The van der Waals surface area contributed by atoms with Crippen molar-refractivity contribution in [2.24, 2.45) is 0 Å². The number of unbranched alkanes of at least 4 members (excludes halogenated alkanes) is 36. The van der Waals surface area contributed by atoms with Gasteiger partial charge in [0.05, 0.1) is 4.92 Å². The van der Waals surface area contributed by atoms with Crippen LogP contribution in [-0.4, -0.2) is 86.6 Å². The van der Waals surface area contributed by atoms with Gasteiger partial charge in [-0.2, -0.15) is 0 Å². The fourth-order valence-electron chi connectivity index (χ4n) is 11.8. The number of nitro groups is 1. The number of carbonyl (C=O) groups is 2. The minimum Gasteiger partial charge on any atom is -0.433 e. The topological polar surface area (TPSA) is 121 Å². The fraction of sp³-hybridized carbons (Fsp3) is 0.730. The molecule has 100 heavy (non-hydrogen) atoms. The largest absolute Gasteiger partial charge is 0.514 e. The highest BCUT2D eigenvalue weighted by atomic mass is 16.7. The van der Waals surface area contributed by atoms with E-state index in [-0.39, 0.29) is 23.6 Å². The van der Waals surface area contributed by atoms with E-state index in [2.05, 4.69) is 156 Å². The lowest BCUT2D eigenvalue weighted by Gasteiger charge is -2.20. The van der Waals surface area contributed by atoms with Gasteiger partial charge in [0.2, 0.25) is 0 Å². The lowest BCUT2D eigenvalue weighted by Crippen LogP contribution is -2.31. The SMILES string of the molecule is CCCCC/C=C\C/C=C\CCCCCCCCC(CCCCCCCC/C=C\C/C=C\CCCCC)OC(=O)OCCN(C)CCN(C)C.CCCCC/C=C\C/C=C\CCCCCCCCC(CCCCCCCC/C=C\C/C=C\CCCCC)OC(=O)Oc1ccc([N+](=O)[O-])cc1. The van der Waals surface area contributed by atoms with Gasteiger partial charge in [-0.1, -0.05) is 279 Å². The Bertz CT molecular complexity index is 2080. The Morgan fingerprint density at radius 3 is 0.910 bits per heavy atom. The van der Waals surface area contributed by atoms with E-state index in [1.54, 1.807) is 0 Å². The molecule has 574 valence electrons.